The second-order valence-electron chi connectivity index (χ2n) is 11.9. The van der Waals surface area contributed by atoms with E-state index in [9.17, 15) is 19.5 Å². The average Bonchev–Trinajstić information content (AvgIpc) is 3.39. The number of rotatable bonds is 11. The standard InChI is InChI=1S/C30H44N4O4.ClH/c1-29(2,3)28(37)34(27(36)24-12-8-16-32-24)25(26(35)33-17-9-15-31-20-30(4,5)38)19-21-13-14-22-10-6-7-11-23(22)18-21;/h6-7,10-11,13-14,18,24-25,31-32,38H,8-9,12,15-17,19-20H2,1-5H3,(H,33,35);1H/t24-,25+;/m0./s1. The van der Waals surface area contributed by atoms with Crippen LogP contribution in [0.5, 0.6) is 0 Å². The van der Waals surface area contributed by atoms with Crippen LogP contribution in [0.4, 0.5) is 0 Å². The first-order valence-corrected chi connectivity index (χ1v) is 13.7. The molecule has 1 heterocycles. The molecule has 8 nitrogen and oxygen atoms in total. The van der Waals surface area contributed by atoms with Crippen LogP contribution in [0.2, 0.25) is 0 Å². The van der Waals surface area contributed by atoms with Crippen LogP contribution in [0.3, 0.4) is 0 Å². The second-order valence-corrected chi connectivity index (χ2v) is 11.9. The molecule has 0 aliphatic carbocycles. The Morgan fingerprint density at radius 2 is 1.74 bits per heavy atom. The first kappa shape index (κ1) is 32.7. The summed E-state index contributed by atoms with van der Waals surface area (Å²) < 4.78 is 0. The molecule has 0 bridgehead atoms. The van der Waals surface area contributed by atoms with E-state index in [1.807, 2.05) is 42.5 Å². The molecule has 2 atom stereocenters. The Kier molecular flexibility index (Phi) is 11.9. The zero-order valence-electron chi connectivity index (χ0n) is 23.9. The third-order valence-corrected chi connectivity index (χ3v) is 6.70. The topological polar surface area (TPSA) is 111 Å². The van der Waals surface area contributed by atoms with Crippen molar-refractivity contribution in [2.75, 3.05) is 26.2 Å². The molecule has 0 saturated carbocycles. The van der Waals surface area contributed by atoms with Crippen molar-refractivity contribution < 1.29 is 19.5 Å². The molecule has 0 unspecified atom stereocenters. The van der Waals surface area contributed by atoms with Crippen LogP contribution in [-0.2, 0) is 20.8 Å². The first-order chi connectivity index (χ1) is 17.9. The van der Waals surface area contributed by atoms with Gasteiger partial charge in [0.1, 0.15) is 6.04 Å². The van der Waals surface area contributed by atoms with Gasteiger partial charge in [-0.1, -0.05) is 63.2 Å². The summed E-state index contributed by atoms with van der Waals surface area (Å²) in [6, 6.07) is 12.5. The van der Waals surface area contributed by atoms with Gasteiger partial charge in [0.05, 0.1) is 11.6 Å². The number of fused-ring (bicyclic) bond motifs is 1. The number of nitrogens with one attached hydrogen (secondary N) is 3. The molecular formula is C30H45ClN4O4. The number of halogens is 1. The molecule has 1 fully saturated rings. The van der Waals surface area contributed by atoms with E-state index in [1.165, 1.54) is 4.90 Å². The molecule has 39 heavy (non-hydrogen) atoms. The molecule has 0 aromatic heterocycles. The molecule has 9 heteroatoms. The van der Waals surface area contributed by atoms with E-state index in [-0.39, 0.29) is 36.5 Å². The number of carbonyl (C=O) groups is 3. The Balaban J connectivity index is 0.00000533. The Bertz CT molecular complexity index is 1120. The minimum atomic E-state index is -0.970. The van der Waals surface area contributed by atoms with Gasteiger partial charge >= 0.3 is 0 Å². The van der Waals surface area contributed by atoms with Crippen molar-refractivity contribution in [3.8, 4) is 0 Å². The number of imide groups is 1. The lowest BCUT2D eigenvalue weighted by atomic mass is 9.91. The van der Waals surface area contributed by atoms with Gasteiger partial charge in [0.15, 0.2) is 0 Å². The molecule has 1 aliphatic rings. The molecule has 0 spiro atoms. The Morgan fingerprint density at radius 1 is 1.05 bits per heavy atom. The number of carbonyl (C=O) groups excluding carboxylic acids is 3. The highest BCUT2D eigenvalue weighted by molar-refractivity contribution is 6.04. The van der Waals surface area contributed by atoms with E-state index in [1.54, 1.807) is 34.6 Å². The maximum atomic E-state index is 13.7. The van der Waals surface area contributed by atoms with Crippen molar-refractivity contribution in [2.24, 2.45) is 5.41 Å². The molecule has 4 N–H and O–H groups in total. The summed E-state index contributed by atoms with van der Waals surface area (Å²) in [5.41, 5.74) is -0.761. The Labute approximate surface area is 238 Å². The summed E-state index contributed by atoms with van der Waals surface area (Å²) in [6.07, 6.45) is 2.38. The summed E-state index contributed by atoms with van der Waals surface area (Å²) in [4.78, 5) is 42.3. The zero-order valence-corrected chi connectivity index (χ0v) is 24.7. The number of hydrogen-bond donors (Lipinski definition) is 4. The van der Waals surface area contributed by atoms with E-state index in [4.69, 9.17) is 0 Å². The van der Waals surface area contributed by atoms with Crippen LogP contribution in [-0.4, -0.2) is 71.6 Å². The van der Waals surface area contributed by atoms with Gasteiger partial charge in [0.25, 0.3) is 0 Å². The summed E-state index contributed by atoms with van der Waals surface area (Å²) in [5, 5.41) is 21.3. The van der Waals surface area contributed by atoms with E-state index >= 15 is 0 Å². The number of amides is 3. The maximum Gasteiger partial charge on any atom is 0.247 e. The maximum absolute atomic E-state index is 13.7. The lowest BCUT2D eigenvalue weighted by Gasteiger charge is -2.35. The molecule has 3 amide bonds. The number of hydrogen-bond acceptors (Lipinski definition) is 6. The highest BCUT2D eigenvalue weighted by Gasteiger charge is 2.42. The Morgan fingerprint density at radius 3 is 2.36 bits per heavy atom. The zero-order chi connectivity index (χ0) is 27.9. The molecule has 0 radical (unpaired) electrons. The van der Waals surface area contributed by atoms with Crippen molar-refractivity contribution in [3.05, 3.63) is 48.0 Å². The second kappa shape index (κ2) is 14.2. The van der Waals surface area contributed by atoms with E-state index < -0.39 is 23.1 Å². The summed E-state index contributed by atoms with van der Waals surface area (Å²) in [5.74, 6) is -1.04. The van der Waals surface area contributed by atoms with Gasteiger partial charge in [-0.25, -0.2) is 0 Å². The summed E-state index contributed by atoms with van der Waals surface area (Å²) in [6.45, 7) is 11.0. The number of nitrogens with zero attached hydrogens (tertiary/aromatic N) is 1. The van der Waals surface area contributed by atoms with E-state index in [0.717, 1.165) is 22.8 Å². The van der Waals surface area contributed by atoms with Crippen LogP contribution in [0.1, 0.15) is 59.4 Å². The smallest absolute Gasteiger partial charge is 0.247 e. The molecule has 2 aromatic carbocycles. The Hall–Kier alpha value is -2.52. The molecule has 1 saturated heterocycles. The van der Waals surface area contributed by atoms with Gasteiger partial charge < -0.3 is 21.1 Å². The van der Waals surface area contributed by atoms with Crippen molar-refractivity contribution in [2.45, 2.75) is 78.0 Å². The largest absolute Gasteiger partial charge is 0.389 e. The van der Waals surface area contributed by atoms with Crippen LogP contribution in [0.25, 0.3) is 10.8 Å². The van der Waals surface area contributed by atoms with E-state index in [2.05, 4.69) is 16.0 Å². The molecule has 1 aliphatic heterocycles. The highest BCUT2D eigenvalue weighted by Crippen LogP contribution is 2.25. The lowest BCUT2D eigenvalue weighted by Crippen LogP contribution is -2.59. The fourth-order valence-corrected chi connectivity index (χ4v) is 4.65. The van der Waals surface area contributed by atoms with Gasteiger partial charge in [-0.2, -0.15) is 0 Å². The van der Waals surface area contributed by atoms with Crippen LogP contribution < -0.4 is 16.0 Å². The van der Waals surface area contributed by atoms with Gasteiger partial charge in [-0.3, -0.25) is 19.3 Å². The van der Waals surface area contributed by atoms with Gasteiger partial charge in [-0.05, 0) is 62.5 Å². The third-order valence-electron chi connectivity index (χ3n) is 6.70. The van der Waals surface area contributed by atoms with E-state index in [0.29, 0.717) is 39.0 Å². The summed E-state index contributed by atoms with van der Waals surface area (Å²) in [7, 11) is 0. The van der Waals surface area contributed by atoms with Crippen molar-refractivity contribution >= 4 is 40.9 Å². The monoisotopic (exact) mass is 560 g/mol. The first-order valence-electron chi connectivity index (χ1n) is 13.7. The van der Waals surface area contributed by atoms with Crippen molar-refractivity contribution in [3.63, 3.8) is 0 Å². The minimum absolute atomic E-state index is 0. The van der Waals surface area contributed by atoms with Crippen LogP contribution in [0.15, 0.2) is 42.5 Å². The SMILES string of the molecule is CC(C)(O)CNCCCNC(=O)[C@@H](Cc1ccc2ccccc2c1)N(C(=O)[C@@H]1CCCN1)C(=O)C(C)(C)C.Cl. The van der Waals surface area contributed by atoms with Crippen molar-refractivity contribution in [1.29, 1.82) is 0 Å². The minimum Gasteiger partial charge on any atom is -0.389 e. The number of aliphatic hydroxyl groups is 1. The predicted octanol–water partition coefficient (Wildman–Crippen LogP) is 3.19. The van der Waals surface area contributed by atoms with Crippen molar-refractivity contribution in [1.82, 2.24) is 20.9 Å². The highest BCUT2D eigenvalue weighted by atomic mass is 35.5. The quantitative estimate of drug-likeness (QED) is 0.314. The molecule has 2 aromatic rings. The molecule has 3 rings (SSSR count). The van der Waals surface area contributed by atoms with Gasteiger partial charge in [0, 0.05) is 24.9 Å². The predicted molar refractivity (Wildman–Crippen MR) is 158 cm³/mol. The van der Waals surface area contributed by atoms with Crippen LogP contribution >= 0.6 is 12.4 Å². The molecular weight excluding hydrogens is 516 g/mol. The fourth-order valence-electron chi connectivity index (χ4n) is 4.65. The number of benzene rings is 2. The lowest BCUT2D eigenvalue weighted by molar-refractivity contribution is -0.157. The third kappa shape index (κ3) is 9.57. The van der Waals surface area contributed by atoms with Gasteiger partial charge in [-0.15, -0.1) is 12.4 Å². The van der Waals surface area contributed by atoms with Gasteiger partial charge in [0.2, 0.25) is 17.7 Å². The average molecular weight is 561 g/mol. The fraction of sp³-hybridized carbons (Fsp3) is 0.567. The summed E-state index contributed by atoms with van der Waals surface area (Å²) >= 11 is 0. The molecule has 216 valence electrons. The van der Waals surface area contributed by atoms with Crippen LogP contribution in [0, 0.1) is 5.41 Å². The normalized spacial score (nSPS) is 16.4.